The van der Waals surface area contributed by atoms with Gasteiger partial charge in [-0.25, -0.2) is 9.97 Å². The zero-order valence-corrected chi connectivity index (χ0v) is 29.1. The van der Waals surface area contributed by atoms with Crippen LogP contribution in [-0.2, 0) is 25.7 Å². The number of anilines is 1. The normalized spacial score (nSPS) is 10.8. The number of pyridine rings is 3. The number of benzene rings is 3. The Hall–Kier alpha value is -5.19. The number of ether oxygens (including phenoxy) is 2. The van der Waals surface area contributed by atoms with Crippen molar-refractivity contribution in [2.45, 2.75) is 59.3 Å². The van der Waals surface area contributed by atoms with Crippen molar-refractivity contribution in [2.24, 2.45) is 0 Å². The molecule has 3 heterocycles. The van der Waals surface area contributed by atoms with Crippen molar-refractivity contribution in [2.75, 3.05) is 18.9 Å². The van der Waals surface area contributed by atoms with Crippen LogP contribution in [0, 0.1) is 18.3 Å². The minimum Gasteiger partial charge on any atom is -0.494 e. The van der Waals surface area contributed by atoms with Crippen LogP contribution in [0.5, 0.6) is 11.5 Å². The summed E-state index contributed by atoms with van der Waals surface area (Å²) >= 11 is 5.98. The SMILES string of the molecule is CCCOc1ccc(CCc2cnc(C#N)c(Cl)c2)cc1.CCCOc1ccc(CCc2cnc3c(N)nc4cc(C)ccc4c3c2)cc1. The van der Waals surface area contributed by atoms with Crippen LogP contribution in [0.4, 0.5) is 5.82 Å². The van der Waals surface area contributed by atoms with E-state index in [0.29, 0.717) is 10.8 Å². The maximum absolute atomic E-state index is 8.80. The summed E-state index contributed by atoms with van der Waals surface area (Å²) in [6, 6.07) is 28.8. The van der Waals surface area contributed by atoms with E-state index in [1.54, 1.807) is 6.20 Å². The topological polar surface area (TPSA) is 107 Å². The van der Waals surface area contributed by atoms with E-state index in [0.717, 1.165) is 90.6 Å². The van der Waals surface area contributed by atoms with Gasteiger partial charge in [0.05, 0.1) is 23.8 Å². The molecular formula is C41H42ClN5O2. The smallest absolute Gasteiger partial charge is 0.159 e. The molecule has 0 radical (unpaired) electrons. The highest BCUT2D eigenvalue weighted by molar-refractivity contribution is 6.31. The van der Waals surface area contributed by atoms with Crippen molar-refractivity contribution in [3.05, 3.63) is 130 Å². The number of nitrogen functional groups attached to an aromatic ring is 1. The minimum atomic E-state index is 0.276. The fourth-order valence-electron chi connectivity index (χ4n) is 5.42. The largest absolute Gasteiger partial charge is 0.494 e. The second kappa shape index (κ2) is 17.3. The molecule has 0 aliphatic carbocycles. The maximum atomic E-state index is 8.80. The van der Waals surface area contributed by atoms with Crippen LogP contribution in [0.15, 0.2) is 91.3 Å². The molecule has 7 nitrogen and oxygen atoms in total. The Labute approximate surface area is 293 Å². The molecule has 6 rings (SSSR count). The second-order valence-electron chi connectivity index (χ2n) is 12.0. The molecule has 0 aliphatic rings. The molecule has 0 bridgehead atoms. The summed E-state index contributed by atoms with van der Waals surface area (Å²) in [4.78, 5) is 13.2. The molecule has 0 fully saturated rings. The molecule has 3 aromatic heterocycles. The summed E-state index contributed by atoms with van der Waals surface area (Å²) in [5.74, 6) is 2.33. The van der Waals surface area contributed by atoms with Crippen LogP contribution in [-0.4, -0.2) is 28.2 Å². The van der Waals surface area contributed by atoms with Gasteiger partial charge in [-0.1, -0.05) is 61.8 Å². The summed E-state index contributed by atoms with van der Waals surface area (Å²) in [6.07, 6.45) is 9.28. The van der Waals surface area contributed by atoms with E-state index in [1.165, 1.54) is 22.3 Å². The highest BCUT2D eigenvalue weighted by Gasteiger charge is 2.09. The first kappa shape index (κ1) is 35.1. The minimum absolute atomic E-state index is 0.276. The van der Waals surface area contributed by atoms with Crippen molar-refractivity contribution >= 4 is 39.2 Å². The van der Waals surface area contributed by atoms with Gasteiger partial charge in [0.15, 0.2) is 11.5 Å². The van der Waals surface area contributed by atoms with Crippen molar-refractivity contribution in [1.29, 1.82) is 5.26 Å². The van der Waals surface area contributed by atoms with Gasteiger partial charge in [0.2, 0.25) is 0 Å². The predicted molar refractivity (Wildman–Crippen MR) is 199 cm³/mol. The average Bonchev–Trinajstić information content (AvgIpc) is 3.12. The van der Waals surface area contributed by atoms with Gasteiger partial charge in [-0.2, -0.15) is 5.26 Å². The number of halogens is 1. The Morgan fingerprint density at radius 3 is 1.80 bits per heavy atom. The third-order valence-electron chi connectivity index (χ3n) is 8.07. The molecule has 3 aromatic carbocycles. The summed E-state index contributed by atoms with van der Waals surface area (Å²) in [7, 11) is 0. The number of nitrogens with zero attached hydrogens (tertiary/aromatic N) is 4. The number of rotatable bonds is 12. The number of nitriles is 1. The molecule has 0 saturated carbocycles. The highest BCUT2D eigenvalue weighted by atomic mass is 35.5. The lowest BCUT2D eigenvalue weighted by Crippen LogP contribution is -1.98. The van der Waals surface area contributed by atoms with Crippen molar-refractivity contribution < 1.29 is 9.47 Å². The van der Waals surface area contributed by atoms with Gasteiger partial charge in [0.25, 0.3) is 0 Å². The average molecular weight is 672 g/mol. The van der Waals surface area contributed by atoms with E-state index in [-0.39, 0.29) is 5.69 Å². The molecule has 0 atom stereocenters. The van der Waals surface area contributed by atoms with Gasteiger partial charge in [-0.15, -0.1) is 0 Å². The lowest BCUT2D eigenvalue weighted by atomic mass is 10.0. The second-order valence-corrected chi connectivity index (χ2v) is 12.4. The van der Waals surface area contributed by atoms with Gasteiger partial charge in [0.1, 0.15) is 23.1 Å². The fraction of sp³-hybridized carbons (Fsp3) is 0.268. The van der Waals surface area contributed by atoms with Crippen LogP contribution in [0.25, 0.3) is 21.8 Å². The molecule has 0 unspecified atom stereocenters. The summed E-state index contributed by atoms with van der Waals surface area (Å²) < 4.78 is 11.2. The Morgan fingerprint density at radius 2 is 1.24 bits per heavy atom. The molecule has 0 aliphatic heterocycles. The fourth-order valence-corrected chi connectivity index (χ4v) is 5.65. The standard InChI is InChI=1S/C24H25N3O.C17H17ClN2O/c1-3-12-28-19-9-7-17(8-10-19)5-6-18-14-21-20-11-4-16(2)13-22(20)27-24(25)23(21)26-15-18;1-2-9-21-15-7-5-13(6-8-15)3-4-14-10-16(18)17(11-19)20-12-14/h4,7-11,13-15H,3,5-6,12H2,1-2H3,(H2,25,27);5-8,10,12H,2-4,9H2,1H3. The lowest BCUT2D eigenvalue weighted by molar-refractivity contribution is 0.317. The number of aromatic nitrogens is 3. The first-order chi connectivity index (χ1) is 23.9. The number of fused-ring (bicyclic) bond motifs is 3. The molecule has 6 aromatic rings. The summed E-state index contributed by atoms with van der Waals surface area (Å²) in [5.41, 5.74) is 14.1. The van der Waals surface area contributed by atoms with Gasteiger partial charge < -0.3 is 15.2 Å². The number of nitrogens with two attached hydrogens (primary N) is 1. The van der Waals surface area contributed by atoms with Gasteiger partial charge in [-0.05, 0) is 116 Å². The van der Waals surface area contributed by atoms with Gasteiger partial charge in [0, 0.05) is 23.2 Å². The Morgan fingerprint density at radius 1 is 0.694 bits per heavy atom. The zero-order valence-electron chi connectivity index (χ0n) is 28.4. The number of hydrogen-bond acceptors (Lipinski definition) is 7. The Bertz CT molecular complexity index is 2040. The maximum Gasteiger partial charge on any atom is 0.159 e. The predicted octanol–water partition coefficient (Wildman–Crippen LogP) is 9.43. The van der Waals surface area contributed by atoms with Crippen LogP contribution < -0.4 is 15.2 Å². The van der Waals surface area contributed by atoms with Crippen LogP contribution in [0.2, 0.25) is 5.02 Å². The van der Waals surface area contributed by atoms with Crippen LogP contribution in [0.1, 0.15) is 60.2 Å². The molecule has 8 heteroatoms. The van der Waals surface area contributed by atoms with Crippen molar-refractivity contribution in [3.8, 4) is 17.6 Å². The van der Waals surface area contributed by atoms with Gasteiger partial charge in [-0.3, -0.25) is 4.98 Å². The van der Waals surface area contributed by atoms with Gasteiger partial charge >= 0.3 is 0 Å². The molecule has 49 heavy (non-hydrogen) atoms. The zero-order chi connectivity index (χ0) is 34.6. The van der Waals surface area contributed by atoms with E-state index < -0.39 is 0 Å². The number of aryl methyl sites for hydroxylation is 5. The monoisotopic (exact) mass is 671 g/mol. The first-order valence-corrected chi connectivity index (χ1v) is 17.2. The molecule has 250 valence electrons. The van der Waals surface area contributed by atoms with Crippen molar-refractivity contribution in [3.63, 3.8) is 0 Å². The van der Waals surface area contributed by atoms with Crippen molar-refractivity contribution in [1.82, 2.24) is 15.0 Å². The quantitative estimate of drug-likeness (QED) is 0.129. The van der Waals surface area contributed by atoms with Crippen LogP contribution >= 0.6 is 11.6 Å². The Kier molecular flexibility index (Phi) is 12.4. The molecule has 0 amide bonds. The first-order valence-electron chi connectivity index (χ1n) is 16.8. The Balaban J connectivity index is 0.000000200. The summed E-state index contributed by atoms with van der Waals surface area (Å²) in [6.45, 7) is 7.77. The van der Waals surface area contributed by atoms with Crippen LogP contribution in [0.3, 0.4) is 0 Å². The highest BCUT2D eigenvalue weighted by Crippen LogP contribution is 2.28. The lowest BCUT2D eigenvalue weighted by Gasteiger charge is -2.09. The van der Waals surface area contributed by atoms with E-state index in [2.05, 4.69) is 84.3 Å². The van der Waals surface area contributed by atoms with E-state index in [1.807, 2.05) is 42.6 Å². The molecule has 2 N–H and O–H groups in total. The molecule has 0 spiro atoms. The third-order valence-corrected chi connectivity index (χ3v) is 8.36. The number of hydrogen-bond donors (Lipinski definition) is 1. The van der Waals surface area contributed by atoms with E-state index in [9.17, 15) is 0 Å². The van der Waals surface area contributed by atoms with E-state index >= 15 is 0 Å². The van der Waals surface area contributed by atoms with E-state index in [4.69, 9.17) is 32.1 Å². The third kappa shape index (κ3) is 9.68. The summed E-state index contributed by atoms with van der Waals surface area (Å²) in [5, 5.41) is 11.4. The molecular weight excluding hydrogens is 630 g/mol. The molecule has 0 saturated heterocycles.